The summed E-state index contributed by atoms with van der Waals surface area (Å²) in [6, 6.07) is 11.7. The maximum atomic E-state index is 15.3. The summed E-state index contributed by atoms with van der Waals surface area (Å²) in [6.07, 6.45) is -1.62. The van der Waals surface area contributed by atoms with Crippen molar-refractivity contribution in [1.82, 2.24) is 0 Å². The minimum atomic E-state index is -2.51. The van der Waals surface area contributed by atoms with Gasteiger partial charge in [-0.15, -0.1) is 6.58 Å². The third-order valence-corrected chi connectivity index (χ3v) is 5.71. The lowest BCUT2D eigenvalue weighted by atomic mass is 9.81. The standard InChI is InChI=1S/C27H22F4O3/c1-3-5-6-15-7-9-16(10-8-15)34-27(32)19-12-11-17-18-13-14-20(33-4-2)24(29)22(18)26(31)25(30)21(17)23(19)28/h3,7-14,25-26H,1,4-6H2,2H3. The van der Waals surface area contributed by atoms with Crippen molar-refractivity contribution in [2.45, 2.75) is 32.1 Å². The molecule has 3 aromatic carbocycles. The number of halogens is 4. The predicted molar refractivity (Wildman–Crippen MR) is 121 cm³/mol. The Morgan fingerprint density at radius 3 is 2.18 bits per heavy atom. The summed E-state index contributed by atoms with van der Waals surface area (Å²) < 4.78 is 70.5. The van der Waals surface area contributed by atoms with E-state index < -0.39 is 46.6 Å². The van der Waals surface area contributed by atoms with E-state index in [1.807, 2.05) is 0 Å². The topological polar surface area (TPSA) is 35.5 Å². The first-order chi connectivity index (χ1) is 16.4. The van der Waals surface area contributed by atoms with Crippen LogP contribution in [0.15, 0.2) is 61.2 Å². The molecule has 34 heavy (non-hydrogen) atoms. The Kier molecular flexibility index (Phi) is 6.72. The molecule has 3 aromatic rings. The molecule has 0 spiro atoms. The molecule has 1 aliphatic carbocycles. The fourth-order valence-corrected chi connectivity index (χ4v) is 4.05. The molecule has 0 radical (unpaired) electrons. The number of ether oxygens (including phenoxy) is 2. The summed E-state index contributed by atoms with van der Waals surface area (Å²) in [5, 5.41) is 0. The number of esters is 1. The zero-order valence-electron chi connectivity index (χ0n) is 18.4. The van der Waals surface area contributed by atoms with Gasteiger partial charge in [-0.1, -0.05) is 30.3 Å². The number of carbonyl (C=O) groups excluding carboxylic acids is 1. The van der Waals surface area contributed by atoms with Crippen LogP contribution in [0.2, 0.25) is 0 Å². The highest BCUT2D eigenvalue weighted by molar-refractivity contribution is 5.93. The van der Waals surface area contributed by atoms with Gasteiger partial charge in [0.1, 0.15) is 11.6 Å². The number of aryl methyl sites for hydroxylation is 1. The van der Waals surface area contributed by atoms with Gasteiger partial charge in [0, 0.05) is 11.1 Å². The molecule has 3 nitrogen and oxygen atoms in total. The summed E-state index contributed by atoms with van der Waals surface area (Å²) in [5.74, 6) is -3.34. The Morgan fingerprint density at radius 2 is 1.56 bits per heavy atom. The van der Waals surface area contributed by atoms with Crippen molar-refractivity contribution in [3.05, 3.63) is 95.1 Å². The van der Waals surface area contributed by atoms with E-state index in [4.69, 9.17) is 9.47 Å². The quantitative estimate of drug-likeness (QED) is 0.156. The van der Waals surface area contributed by atoms with Gasteiger partial charge in [0.05, 0.1) is 12.2 Å². The van der Waals surface area contributed by atoms with Gasteiger partial charge >= 0.3 is 5.97 Å². The predicted octanol–water partition coefficient (Wildman–Crippen LogP) is 7.40. The van der Waals surface area contributed by atoms with Crippen LogP contribution in [0, 0.1) is 11.6 Å². The zero-order valence-corrected chi connectivity index (χ0v) is 18.4. The summed E-state index contributed by atoms with van der Waals surface area (Å²) >= 11 is 0. The van der Waals surface area contributed by atoms with E-state index in [9.17, 15) is 13.6 Å². The molecule has 0 N–H and O–H groups in total. The molecule has 0 amide bonds. The number of alkyl halides is 2. The number of hydrogen-bond donors (Lipinski definition) is 0. The Hall–Kier alpha value is -3.61. The molecule has 0 saturated carbocycles. The Morgan fingerprint density at radius 1 is 0.941 bits per heavy atom. The second-order valence-corrected chi connectivity index (χ2v) is 7.82. The normalized spacial score (nSPS) is 16.4. The molecule has 7 heteroatoms. The molecule has 0 heterocycles. The summed E-state index contributed by atoms with van der Waals surface area (Å²) in [5.41, 5.74) is -0.730. The lowest BCUT2D eigenvalue weighted by Gasteiger charge is -2.28. The average molecular weight is 470 g/mol. The first-order valence-corrected chi connectivity index (χ1v) is 10.9. The van der Waals surface area contributed by atoms with Crippen LogP contribution in [-0.4, -0.2) is 12.6 Å². The van der Waals surface area contributed by atoms with Gasteiger partial charge in [-0.3, -0.25) is 0 Å². The average Bonchev–Trinajstić information content (AvgIpc) is 2.83. The van der Waals surface area contributed by atoms with E-state index in [1.54, 1.807) is 37.3 Å². The van der Waals surface area contributed by atoms with Crippen LogP contribution in [-0.2, 0) is 6.42 Å². The molecule has 1 aliphatic rings. The van der Waals surface area contributed by atoms with Gasteiger partial charge in [0.2, 0.25) is 0 Å². The van der Waals surface area contributed by atoms with E-state index in [2.05, 4.69) is 6.58 Å². The first kappa shape index (κ1) is 23.5. The van der Waals surface area contributed by atoms with E-state index in [-0.39, 0.29) is 29.2 Å². The van der Waals surface area contributed by atoms with Gasteiger partial charge in [0.15, 0.2) is 23.9 Å². The van der Waals surface area contributed by atoms with Gasteiger partial charge < -0.3 is 9.47 Å². The van der Waals surface area contributed by atoms with Crippen LogP contribution >= 0.6 is 0 Å². The van der Waals surface area contributed by atoms with Crippen LogP contribution in [0.25, 0.3) is 11.1 Å². The number of hydrogen-bond acceptors (Lipinski definition) is 3. The molecule has 0 aromatic heterocycles. The molecule has 2 unspecified atom stereocenters. The van der Waals surface area contributed by atoms with Gasteiger partial charge in [-0.25, -0.2) is 22.4 Å². The van der Waals surface area contributed by atoms with E-state index >= 15 is 8.78 Å². The van der Waals surface area contributed by atoms with Crippen molar-refractivity contribution < 1.29 is 31.8 Å². The highest BCUT2D eigenvalue weighted by Crippen LogP contribution is 2.51. The van der Waals surface area contributed by atoms with Crippen LogP contribution in [0.3, 0.4) is 0 Å². The smallest absolute Gasteiger partial charge is 0.346 e. The minimum Gasteiger partial charge on any atom is -0.491 e. The van der Waals surface area contributed by atoms with Crippen molar-refractivity contribution in [3.8, 4) is 22.6 Å². The highest BCUT2D eigenvalue weighted by atomic mass is 19.2. The molecule has 2 atom stereocenters. The Balaban J connectivity index is 1.67. The van der Waals surface area contributed by atoms with Crippen LogP contribution in [0.1, 0.15) is 52.7 Å². The van der Waals surface area contributed by atoms with Gasteiger partial charge in [0.25, 0.3) is 0 Å². The molecular formula is C27H22F4O3. The lowest BCUT2D eigenvalue weighted by molar-refractivity contribution is 0.0728. The van der Waals surface area contributed by atoms with E-state index in [0.717, 1.165) is 24.5 Å². The second-order valence-electron chi connectivity index (χ2n) is 7.82. The number of fused-ring (bicyclic) bond motifs is 3. The SMILES string of the molecule is C=CCCc1ccc(OC(=O)c2ccc3c(c2F)C(F)C(F)c2c-3ccc(OCC)c2F)cc1. The Bertz CT molecular complexity index is 1240. The zero-order chi connectivity index (χ0) is 24.4. The van der Waals surface area contributed by atoms with Crippen molar-refractivity contribution >= 4 is 5.97 Å². The molecule has 4 rings (SSSR count). The second kappa shape index (κ2) is 9.71. The summed E-state index contributed by atoms with van der Waals surface area (Å²) in [7, 11) is 0. The molecule has 0 aliphatic heterocycles. The number of benzene rings is 3. The highest BCUT2D eigenvalue weighted by Gasteiger charge is 2.40. The lowest BCUT2D eigenvalue weighted by Crippen LogP contribution is -2.19. The fourth-order valence-electron chi connectivity index (χ4n) is 4.05. The molecule has 176 valence electrons. The van der Waals surface area contributed by atoms with E-state index in [0.29, 0.717) is 0 Å². The van der Waals surface area contributed by atoms with Crippen molar-refractivity contribution in [2.75, 3.05) is 6.61 Å². The van der Waals surface area contributed by atoms with Crippen LogP contribution in [0.4, 0.5) is 17.6 Å². The third kappa shape index (κ3) is 4.18. The van der Waals surface area contributed by atoms with Gasteiger partial charge in [-0.05, 0) is 60.7 Å². The first-order valence-electron chi connectivity index (χ1n) is 10.9. The minimum absolute atomic E-state index is 0.00582. The molecular weight excluding hydrogens is 448 g/mol. The molecule has 0 fully saturated rings. The maximum Gasteiger partial charge on any atom is 0.346 e. The Labute approximate surface area is 194 Å². The molecule has 0 saturated heterocycles. The fraction of sp³-hybridized carbons (Fsp3) is 0.222. The van der Waals surface area contributed by atoms with Crippen molar-refractivity contribution in [2.24, 2.45) is 0 Å². The third-order valence-electron chi connectivity index (χ3n) is 5.71. The number of allylic oxidation sites excluding steroid dienone is 1. The largest absolute Gasteiger partial charge is 0.491 e. The summed E-state index contributed by atoms with van der Waals surface area (Å²) in [4.78, 5) is 12.6. The summed E-state index contributed by atoms with van der Waals surface area (Å²) in [6.45, 7) is 5.43. The monoisotopic (exact) mass is 470 g/mol. The van der Waals surface area contributed by atoms with Crippen LogP contribution < -0.4 is 9.47 Å². The van der Waals surface area contributed by atoms with Crippen molar-refractivity contribution in [1.29, 1.82) is 0 Å². The van der Waals surface area contributed by atoms with Crippen LogP contribution in [0.5, 0.6) is 11.5 Å². The molecule has 0 bridgehead atoms. The maximum absolute atomic E-state index is 15.3. The number of rotatable bonds is 7. The number of carbonyl (C=O) groups is 1. The van der Waals surface area contributed by atoms with Gasteiger partial charge in [-0.2, -0.15) is 0 Å². The van der Waals surface area contributed by atoms with E-state index in [1.165, 1.54) is 18.2 Å². The van der Waals surface area contributed by atoms with Crippen molar-refractivity contribution in [3.63, 3.8) is 0 Å².